The zero-order valence-electron chi connectivity index (χ0n) is 19.6. The van der Waals surface area contributed by atoms with Crippen LogP contribution in [-0.2, 0) is 0 Å². The SMILES string of the molecule is C=C(C(=C/C(=C)c1cnccc1C)/C(=C\C)NC)c1cc2c(-c3ccc(F)cc3)nccc2[nH]1. The molecule has 0 radical (unpaired) electrons. The zero-order chi connectivity index (χ0) is 24.2. The van der Waals surface area contributed by atoms with Crippen molar-refractivity contribution in [1.29, 1.82) is 0 Å². The lowest BCUT2D eigenvalue weighted by molar-refractivity contribution is 0.628. The van der Waals surface area contributed by atoms with Crippen LogP contribution in [0.1, 0.15) is 23.7 Å². The minimum atomic E-state index is -0.274. The number of hydrogen-bond acceptors (Lipinski definition) is 3. The molecule has 0 saturated heterocycles. The first-order chi connectivity index (χ1) is 16.4. The Morgan fingerprint density at radius 1 is 1.09 bits per heavy atom. The molecular formula is C29H27FN4. The fraction of sp³-hybridized carbons (Fsp3) is 0.103. The van der Waals surface area contributed by atoms with Gasteiger partial charge in [0.2, 0.25) is 0 Å². The van der Waals surface area contributed by atoms with E-state index in [0.717, 1.165) is 61.4 Å². The number of aryl methyl sites for hydroxylation is 1. The van der Waals surface area contributed by atoms with Crippen molar-refractivity contribution in [1.82, 2.24) is 20.3 Å². The summed E-state index contributed by atoms with van der Waals surface area (Å²) in [5, 5.41) is 4.21. The fourth-order valence-electron chi connectivity index (χ4n) is 4.01. The molecule has 0 atom stereocenters. The van der Waals surface area contributed by atoms with E-state index in [9.17, 15) is 4.39 Å². The van der Waals surface area contributed by atoms with Gasteiger partial charge in [-0.3, -0.25) is 9.97 Å². The number of allylic oxidation sites excluding steroid dienone is 4. The molecule has 4 rings (SSSR count). The summed E-state index contributed by atoms with van der Waals surface area (Å²) < 4.78 is 13.4. The fourth-order valence-corrected chi connectivity index (χ4v) is 4.01. The summed E-state index contributed by atoms with van der Waals surface area (Å²) in [6, 6.07) is 12.3. The van der Waals surface area contributed by atoms with Crippen molar-refractivity contribution in [2.45, 2.75) is 13.8 Å². The van der Waals surface area contributed by atoms with E-state index in [4.69, 9.17) is 0 Å². The summed E-state index contributed by atoms with van der Waals surface area (Å²) in [6.07, 6.45) is 9.39. The Labute approximate surface area is 199 Å². The van der Waals surface area contributed by atoms with E-state index in [-0.39, 0.29) is 5.82 Å². The van der Waals surface area contributed by atoms with Crippen molar-refractivity contribution in [3.8, 4) is 11.3 Å². The molecule has 0 aliphatic heterocycles. The second-order valence-corrected chi connectivity index (χ2v) is 8.02. The Balaban J connectivity index is 1.80. The molecule has 0 unspecified atom stereocenters. The number of pyridine rings is 2. The van der Waals surface area contributed by atoms with E-state index < -0.39 is 0 Å². The molecule has 5 heteroatoms. The predicted octanol–water partition coefficient (Wildman–Crippen LogP) is 6.85. The monoisotopic (exact) mass is 450 g/mol. The van der Waals surface area contributed by atoms with Gasteiger partial charge in [0, 0.05) is 70.2 Å². The molecule has 3 heterocycles. The first kappa shape index (κ1) is 22.9. The van der Waals surface area contributed by atoms with Crippen LogP contribution in [0.3, 0.4) is 0 Å². The van der Waals surface area contributed by atoms with E-state index >= 15 is 0 Å². The number of H-pyrrole nitrogens is 1. The number of nitrogens with zero attached hydrogens (tertiary/aromatic N) is 2. The second kappa shape index (κ2) is 9.71. The molecule has 0 spiro atoms. The van der Waals surface area contributed by atoms with E-state index in [1.165, 1.54) is 12.1 Å². The highest BCUT2D eigenvalue weighted by Crippen LogP contribution is 2.33. The van der Waals surface area contributed by atoms with Crippen LogP contribution in [0.4, 0.5) is 4.39 Å². The Hall–Kier alpha value is -4.25. The van der Waals surface area contributed by atoms with Crippen molar-refractivity contribution in [2.24, 2.45) is 0 Å². The van der Waals surface area contributed by atoms with Crippen molar-refractivity contribution < 1.29 is 4.39 Å². The van der Waals surface area contributed by atoms with Gasteiger partial charge in [-0.25, -0.2) is 4.39 Å². The molecular weight excluding hydrogens is 423 g/mol. The molecule has 3 aromatic heterocycles. The summed E-state index contributed by atoms with van der Waals surface area (Å²) >= 11 is 0. The van der Waals surface area contributed by atoms with E-state index in [1.54, 1.807) is 24.5 Å². The van der Waals surface area contributed by atoms with Gasteiger partial charge in [0.15, 0.2) is 0 Å². The Morgan fingerprint density at radius 3 is 2.53 bits per heavy atom. The molecule has 0 bridgehead atoms. The summed E-state index contributed by atoms with van der Waals surface area (Å²) in [6.45, 7) is 12.7. The van der Waals surface area contributed by atoms with E-state index in [0.29, 0.717) is 0 Å². The second-order valence-electron chi connectivity index (χ2n) is 8.02. The third kappa shape index (κ3) is 4.46. The van der Waals surface area contributed by atoms with Crippen LogP contribution in [0, 0.1) is 12.7 Å². The van der Waals surface area contributed by atoms with Crippen LogP contribution in [0.15, 0.2) is 97.6 Å². The normalized spacial score (nSPS) is 12.1. The minimum absolute atomic E-state index is 0.274. The van der Waals surface area contributed by atoms with Gasteiger partial charge in [-0.15, -0.1) is 0 Å². The van der Waals surface area contributed by atoms with Crippen LogP contribution in [-0.4, -0.2) is 22.0 Å². The van der Waals surface area contributed by atoms with Gasteiger partial charge >= 0.3 is 0 Å². The molecule has 0 aliphatic rings. The number of aromatic amines is 1. The van der Waals surface area contributed by atoms with Crippen molar-refractivity contribution in [3.63, 3.8) is 0 Å². The molecule has 0 saturated carbocycles. The maximum absolute atomic E-state index is 13.4. The average molecular weight is 451 g/mol. The molecule has 0 aliphatic carbocycles. The van der Waals surface area contributed by atoms with E-state index in [2.05, 4.69) is 33.4 Å². The Bertz CT molecular complexity index is 1440. The van der Waals surface area contributed by atoms with Gasteiger partial charge in [0.25, 0.3) is 0 Å². The number of hydrogen-bond donors (Lipinski definition) is 2. The number of nitrogens with one attached hydrogen (secondary N) is 2. The molecule has 1 aromatic carbocycles. The zero-order valence-corrected chi connectivity index (χ0v) is 19.6. The molecule has 34 heavy (non-hydrogen) atoms. The standard InChI is InChI=1S/C29H27FN4/c1-6-26(31-5)23(15-19(3)25-17-32-13-11-18(25)2)20(4)28-16-24-27(34-28)12-14-33-29(24)21-7-9-22(30)10-8-21/h6-17,31,34H,3-4H2,1-2,5H3/b23-15-,26-6+. The minimum Gasteiger partial charge on any atom is -0.388 e. The smallest absolute Gasteiger partial charge is 0.123 e. The van der Waals surface area contributed by atoms with Gasteiger partial charge in [0.05, 0.1) is 5.69 Å². The first-order valence-electron chi connectivity index (χ1n) is 11.0. The lowest BCUT2D eigenvalue weighted by atomic mass is 9.95. The summed E-state index contributed by atoms with van der Waals surface area (Å²) in [4.78, 5) is 12.3. The Kier molecular flexibility index (Phi) is 6.55. The topological polar surface area (TPSA) is 53.6 Å². The van der Waals surface area contributed by atoms with Gasteiger partial charge in [-0.1, -0.05) is 19.2 Å². The Morgan fingerprint density at radius 2 is 1.85 bits per heavy atom. The molecule has 0 amide bonds. The predicted molar refractivity (Wildman–Crippen MR) is 139 cm³/mol. The van der Waals surface area contributed by atoms with E-state index in [1.807, 2.05) is 57.4 Å². The number of benzene rings is 1. The molecule has 2 N–H and O–H groups in total. The number of rotatable bonds is 7. The summed E-state index contributed by atoms with van der Waals surface area (Å²) in [5.74, 6) is -0.274. The van der Waals surface area contributed by atoms with Crippen LogP contribution >= 0.6 is 0 Å². The highest BCUT2D eigenvalue weighted by Gasteiger charge is 2.16. The van der Waals surface area contributed by atoms with Gasteiger partial charge in [0.1, 0.15) is 5.82 Å². The summed E-state index contributed by atoms with van der Waals surface area (Å²) in [5.41, 5.74) is 9.03. The lowest BCUT2D eigenvalue weighted by Gasteiger charge is -2.15. The highest BCUT2D eigenvalue weighted by atomic mass is 19.1. The van der Waals surface area contributed by atoms with Crippen LogP contribution in [0.5, 0.6) is 0 Å². The molecule has 4 aromatic rings. The van der Waals surface area contributed by atoms with Crippen LogP contribution < -0.4 is 5.32 Å². The van der Waals surface area contributed by atoms with Crippen LogP contribution in [0.2, 0.25) is 0 Å². The first-order valence-corrected chi connectivity index (χ1v) is 11.0. The van der Waals surface area contributed by atoms with Gasteiger partial charge in [-0.2, -0.15) is 0 Å². The lowest BCUT2D eigenvalue weighted by Crippen LogP contribution is -2.09. The number of halogens is 1. The number of aromatic nitrogens is 3. The van der Waals surface area contributed by atoms with Crippen molar-refractivity contribution in [2.75, 3.05) is 7.05 Å². The quantitative estimate of drug-likeness (QED) is 0.303. The third-order valence-corrected chi connectivity index (χ3v) is 5.87. The third-order valence-electron chi connectivity index (χ3n) is 5.87. The van der Waals surface area contributed by atoms with Crippen molar-refractivity contribution >= 4 is 22.0 Å². The molecule has 170 valence electrons. The van der Waals surface area contributed by atoms with Crippen LogP contribution in [0.25, 0.3) is 33.3 Å². The van der Waals surface area contributed by atoms with Gasteiger partial charge in [-0.05, 0) is 73.5 Å². The number of fused-ring (bicyclic) bond motifs is 1. The molecule has 4 nitrogen and oxygen atoms in total. The molecule has 0 fully saturated rings. The highest BCUT2D eigenvalue weighted by molar-refractivity contribution is 5.97. The van der Waals surface area contributed by atoms with Crippen molar-refractivity contribution in [3.05, 3.63) is 120 Å². The maximum atomic E-state index is 13.4. The largest absolute Gasteiger partial charge is 0.388 e. The number of likely N-dealkylation sites (N-methyl/N-ethyl adjacent to an activating group) is 1. The summed E-state index contributed by atoms with van der Waals surface area (Å²) in [7, 11) is 1.89. The average Bonchev–Trinajstić information content (AvgIpc) is 3.29. The van der Waals surface area contributed by atoms with Gasteiger partial charge < -0.3 is 10.3 Å². The maximum Gasteiger partial charge on any atom is 0.123 e.